The molecule has 1 aromatic carbocycles. The smallest absolute Gasteiger partial charge is 0.251 e. The van der Waals surface area contributed by atoms with Gasteiger partial charge in [-0.3, -0.25) is 9.78 Å². The number of nitrogens with zero attached hydrogens (tertiary/aromatic N) is 2. The van der Waals surface area contributed by atoms with Crippen molar-refractivity contribution in [3.8, 4) is 11.5 Å². The number of methoxy groups -OCH3 is 1. The van der Waals surface area contributed by atoms with Crippen LogP contribution < -0.4 is 20.8 Å². The third-order valence-electron chi connectivity index (χ3n) is 4.08. The molecule has 25 heavy (non-hydrogen) atoms. The van der Waals surface area contributed by atoms with Crippen molar-refractivity contribution < 1.29 is 9.47 Å². The second-order valence-corrected chi connectivity index (χ2v) is 6.46. The lowest BCUT2D eigenvalue weighted by atomic mass is 10.1. The first kappa shape index (κ1) is 16.8. The summed E-state index contributed by atoms with van der Waals surface area (Å²) in [7, 11) is 1.62. The highest BCUT2D eigenvalue weighted by Gasteiger charge is 2.23. The Morgan fingerprint density at radius 2 is 2.00 bits per heavy atom. The van der Waals surface area contributed by atoms with E-state index in [-0.39, 0.29) is 5.56 Å². The minimum Gasteiger partial charge on any atom is -0.497 e. The fraction of sp³-hybridized carbons (Fsp3) is 0.263. The average Bonchev–Trinajstić information content (AvgIpc) is 2.61. The molecule has 0 aliphatic rings. The van der Waals surface area contributed by atoms with E-state index in [0.29, 0.717) is 18.0 Å². The van der Waals surface area contributed by atoms with Crippen molar-refractivity contribution in [3.05, 3.63) is 59.1 Å². The lowest BCUT2D eigenvalue weighted by Crippen LogP contribution is -2.40. The van der Waals surface area contributed by atoms with E-state index in [1.54, 1.807) is 30.1 Å². The monoisotopic (exact) mass is 339 g/mol. The summed E-state index contributed by atoms with van der Waals surface area (Å²) in [5.41, 5.74) is 6.46. The van der Waals surface area contributed by atoms with Gasteiger partial charge in [0.05, 0.1) is 18.2 Å². The first-order valence-electron chi connectivity index (χ1n) is 7.95. The SMILES string of the molecule is COc1ccc2c(OCC(C)(C)n3cc(N)ccc3=O)ccnc2c1. The van der Waals surface area contributed by atoms with Crippen LogP contribution in [-0.4, -0.2) is 23.3 Å². The van der Waals surface area contributed by atoms with Gasteiger partial charge in [0.1, 0.15) is 18.1 Å². The van der Waals surface area contributed by atoms with Gasteiger partial charge in [-0.05, 0) is 38.1 Å². The van der Waals surface area contributed by atoms with Crippen LogP contribution in [0.1, 0.15) is 13.8 Å². The minimum atomic E-state index is -0.561. The minimum absolute atomic E-state index is 0.118. The number of rotatable bonds is 5. The number of aromatic nitrogens is 2. The summed E-state index contributed by atoms with van der Waals surface area (Å²) in [6.07, 6.45) is 3.33. The Morgan fingerprint density at radius 1 is 1.20 bits per heavy atom. The summed E-state index contributed by atoms with van der Waals surface area (Å²) < 4.78 is 12.8. The molecule has 0 fully saturated rings. The van der Waals surface area contributed by atoms with Crippen LogP contribution in [0.2, 0.25) is 0 Å². The van der Waals surface area contributed by atoms with Crippen molar-refractivity contribution in [2.24, 2.45) is 0 Å². The van der Waals surface area contributed by atoms with Crippen LogP contribution in [0.3, 0.4) is 0 Å². The van der Waals surface area contributed by atoms with Gasteiger partial charge in [-0.2, -0.15) is 0 Å². The Morgan fingerprint density at radius 3 is 2.76 bits per heavy atom. The highest BCUT2D eigenvalue weighted by molar-refractivity contribution is 5.85. The number of hydrogen-bond acceptors (Lipinski definition) is 5. The fourth-order valence-corrected chi connectivity index (χ4v) is 2.65. The number of benzene rings is 1. The van der Waals surface area contributed by atoms with E-state index >= 15 is 0 Å². The van der Waals surface area contributed by atoms with Crippen LogP contribution in [0, 0.1) is 0 Å². The number of fused-ring (bicyclic) bond motifs is 1. The molecule has 0 atom stereocenters. The lowest BCUT2D eigenvalue weighted by Gasteiger charge is -2.28. The highest BCUT2D eigenvalue weighted by atomic mass is 16.5. The van der Waals surface area contributed by atoms with Crippen LogP contribution in [-0.2, 0) is 5.54 Å². The van der Waals surface area contributed by atoms with Crippen LogP contribution in [0.15, 0.2) is 53.6 Å². The third-order valence-corrected chi connectivity index (χ3v) is 4.08. The molecule has 3 aromatic rings. The molecule has 2 heterocycles. The highest BCUT2D eigenvalue weighted by Crippen LogP contribution is 2.28. The van der Waals surface area contributed by atoms with Crippen LogP contribution >= 0.6 is 0 Å². The Labute approximate surface area is 145 Å². The number of nitrogen functional groups attached to an aromatic ring is 1. The molecule has 3 rings (SSSR count). The third kappa shape index (κ3) is 3.42. The van der Waals surface area contributed by atoms with Gasteiger partial charge >= 0.3 is 0 Å². The first-order valence-corrected chi connectivity index (χ1v) is 7.95. The van der Waals surface area contributed by atoms with Crippen LogP contribution in [0.25, 0.3) is 10.9 Å². The van der Waals surface area contributed by atoms with Crippen molar-refractivity contribution in [1.82, 2.24) is 9.55 Å². The van der Waals surface area contributed by atoms with Gasteiger partial charge in [-0.25, -0.2) is 0 Å². The Hall–Kier alpha value is -3.02. The molecule has 0 amide bonds. The quantitative estimate of drug-likeness (QED) is 0.773. The molecule has 0 spiro atoms. The summed E-state index contributed by atoms with van der Waals surface area (Å²) in [6, 6.07) is 10.5. The van der Waals surface area contributed by atoms with Gasteiger partial charge in [0.15, 0.2) is 0 Å². The lowest BCUT2D eigenvalue weighted by molar-refractivity contribution is 0.182. The van der Waals surface area contributed by atoms with Gasteiger partial charge in [-0.15, -0.1) is 0 Å². The number of nitrogens with two attached hydrogens (primary N) is 1. The molecule has 0 aliphatic heterocycles. The van der Waals surface area contributed by atoms with Gasteiger partial charge in [-0.1, -0.05) is 0 Å². The summed E-state index contributed by atoms with van der Waals surface area (Å²) >= 11 is 0. The molecule has 6 heteroatoms. The molecule has 0 saturated heterocycles. The Bertz CT molecular complexity index is 964. The molecular weight excluding hydrogens is 318 g/mol. The predicted molar refractivity (Wildman–Crippen MR) is 98.2 cm³/mol. The fourth-order valence-electron chi connectivity index (χ4n) is 2.65. The standard InChI is InChI=1S/C19H21N3O3/c1-19(2,22-11-13(20)4-7-18(22)23)12-25-17-8-9-21-16-10-14(24-3)5-6-15(16)17/h4-11H,12,20H2,1-3H3. The van der Waals surface area contributed by atoms with Crippen molar-refractivity contribution in [2.45, 2.75) is 19.4 Å². The zero-order valence-electron chi connectivity index (χ0n) is 14.5. The molecule has 130 valence electrons. The molecule has 2 N–H and O–H groups in total. The number of pyridine rings is 2. The van der Waals surface area contributed by atoms with Gasteiger partial charge < -0.3 is 19.8 Å². The predicted octanol–water partition coefficient (Wildman–Crippen LogP) is 2.80. The molecule has 0 unspecified atom stereocenters. The zero-order chi connectivity index (χ0) is 18.0. The summed E-state index contributed by atoms with van der Waals surface area (Å²) in [4.78, 5) is 16.5. The van der Waals surface area contributed by atoms with Crippen molar-refractivity contribution in [2.75, 3.05) is 19.5 Å². The maximum absolute atomic E-state index is 12.1. The molecule has 6 nitrogen and oxygen atoms in total. The maximum atomic E-state index is 12.1. The van der Waals surface area contributed by atoms with E-state index < -0.39 is 5.54 Å². The van der Waals surface area contributed by atoms with E-state index in [1.807, 2.05) is 38.1 Å². The molecular formula is C19H21N3O3. The second kappa shape index (κ2) is 6.47. The summed E-state index contributed by atoms with van der Waals surface area (Å²) in [5, 5.41) is 0.888. The van der Waals surface area contributed by atoms with Crippen LogP contribution in [0.5, 0.6) is 11.5 Å². The van der Waals surface area contributed by atoms with E-state index in [2.05, 4.69) is 4.98 Å². The van der Waals surface area contributed by atoms with Crippen molar-refractivity contribution in [3.63, 3.8) is 0 Å². The van der Waals surface area contributed by atoms with E-state index in [0.717, 1.165) is 16.7 Å². The molecule has 0 aliphatic carbocycles. The van der Waals surface area contributed by atoms with Gasteiger partial charge in [0.2, 0.25) is 0 Å². The summed E-state index contributed by atoms with van der Waals surface area (Å²) in [5.74, 6) is 1.45. The zero-order valence-corrected chi connectivity index (χ0v) is 14.5. The Balaban J connectivity index is 1.89. The van der Waals surface area contributed by atoms with E-state index in [9.17, 15) is 4.79 Å². The van der Waals surface area contributed by atoms with Crippen LogP contribution in [0.4, 0.5) is 5.69 Å². The molecule has 0 bridgehead atoms. The number of hydrogen-bond donors (Lipinski definition) is 1. The first-order chi connectivity index (χ1) is 11.9. The second-order valence-electron chi connectivity index (χ2n) is 6.46. The van der Waals surface area contributed by atoms with Crippen molar-refractivity contribution >= 4 is 16.6 Å². The van der Waals surface area contributed by atoms with Gasteiger partial charge in [0, 0.05) is 35.6 Å². The summed E-state index contributed by atoms with van der Waals surface area (Å²) in [6.45, 7) is 4.17. The van der Waals surface area contributed by atoms with Crippen molar-refractivity contribution in [1.29, 1.82) is 0 Å². The number of anilines is 1. The number of ether oxygens (including phenoxy) is 2. The topological polar surface area (TPSA) is 79.4 Å². The molecule has 2 aromatic heterocycles. The average molecular weight is 339 g/mol. The molecule has 0 radical (unpaired) electrons. The van der Waals surface area contributed by atoms with Gasteiger partial charge in [0.25, 0.3) is 5.56 Å². The molecule has 0 saturated carbocycles. The largest absolute Gasteiger partial charge is 0.497 e. The van der Waals surface area contributed by atoms with E-state index in [4.69, 9.17) is 15.2 Å². The normalized spacial score (nSPS) is 11.5. The maximum Gasteiger partial charge on any atom is 0.251 e. The van der Waals surface area contributed by atoms with E-state index in [1.165, 1.54) is 6.07 Å². The Kier molecular flexibility index (Phi) is 4.35.